The van der Waals surface area contributed by atoms with Crippen LogP contribution in [0.5, 0.6) is 0 Å². The third kappa shape index (κ3) is 2.93. The molecule has 0 saturated carbocycles. The van der Waals surface area contributed by atoms with E-state index in [0.29, 0.717) is 0 Å². The van der Waals surface area contributed by atoms with E-state index in [1.54, 1.807) is 0 Å². The summed E-state index contributed by atoms with van der Waals surface area (Å²) >= 11 is 1.84. The van der Waals surface area contributed by atoms with Crippen LogP contribution in [0.1, 0.15) is 50.1 Å². The Morgan fingerprint density at radius 2 is 2.25 bits per heavy atom. The van der Waals surface area contributed by atoms with Gasteiger partial charge in [-0.1, -0.05) is 26.3 Å². The number of fused-ring (bicyclic) bond motifs is 1. The van der Waals surface area contributed by atoms with Crippen LogP contribution in [0.15, 0.2) is 23.2 Å². The van der Waals surface area contributed by atoms with Gasteiger partial charge >= 0.3 is 0 Å². The van der Waals surface area contributed by atoms with E-state index in [-0.39, 0.29) is 0 Å². The maximum absolute atomic E-state index is 4.78. The molecule has 0 fully saturated rings. The molecule has 3 rings (SSSR count). The van der Waals surface area contributed by atoms with Crippen LogP contribution in [0, 0.1) is 5.92 Å². The quantitative estimate of drug-likeness (QED) is 0.788. The summed E-state index contributed by atoms with van der Waals surface area (Å²) in [5.74, 6) is 0.738. The monoisotopic (exact) mass is 286 g/mol. The van der Waals surface area contributed by atoms with Crippen LogP contribution in [-0.4, -0.2) is 17.2 Å². The van der Waals surface area contributed by atoms with Gasteiger partial charge in [0.1, 0.15) is 0 Å². The molecule has 1 atom stereocenters. The normalized spacial score (nSPS) is 19.3. The third-order valence-corrected chi connectivity index (χ3v) is 5.07. The summed E-state index contributed by atoms with van der Waals surface area (Å²) < 4.78 is 1.31. The molecule has 2 heterocycles. The van der Waals surface area contributed by atoms with Gasteiger partial charge in [-0.3, -0.25) is 4.99 Å². The lowest BCUT2D eigenvalue weighted by Gasteiger charge is -2.17. The van der Waals surface area contributed by atoms with Crippen molar-refractivity contribution in [2.45, 2.75) is 46.0 Å². The van der Waals surface area contributed by atoms with Crippen molar-refractivity contribution in [1.29, 1.82) is 0 Å². The summed E-state index contributed by atoms with van der Waals surface area (Å²) in [4.78, 5) is 9.52. The molecule has 3 heteroatoms. The maximum atomic E-state index is 4.78. The molecule has 1 aromatic heterocycles. The molecule has 20 heavy (non-hydrogen) atoms. The number of aliphatic imine (C=N–C) groups is 1. The van der Waals surface area contributed by atoms with Gasteiger partial charge in [-0.15, -0.1) is 11.3 Å². The fraction of sp³-hybridized carbons (Fsp3) is 0.529. The number of thiazole rings is 1. The Hall–Kier alpha value is -1.22. The second kappa shape index (κ2) is 6.04. The molecule has 0 saturated heterocycles. The highest BCUT2D eigenvalue weighted by molar-refractivity contribution is 7.18. The Kier molecular flexibility index (Phi) is 4.16. The fourth-order valence-electron chi connectivity index (χ4n) is 2.64. The Bertz CT molecular complexity index is 627. The number of benzene rings is 1. The molecule has 0 spiro atoms. The van der Waals surface area contributed by atoms with Gasteiger partial charge in [0.15, 0.2) is 0 Å². The number of rotatable bonds is 4. The lowest BCUT2D eigenvalue weighted by atomic mass is 9.96. The van der Waals surface area contributed by atoms with E-state index in [0.717, 1.165) is 30.8 Å². The van der Waals surface area contributed by atoms with Gasteiger partial charge in [0, 0.05) is 12.3 Å². The molecule has 0 bridgehead atoms. The molecule has 106 valence electrons. The number of nitrogens with zero attached hydrogens (tertiary/aromatic N) is 2. The molecule has 0 radical (unpaired) electrons. The topological polar surface area (TPSA) is 25.2 Å². The lowest BCUT2D eigenvalue weighted by molar-refractivity contribution is 0.538. The summed E-state index contributed by atoms with van der Waals surface area (Å²) in [5, 5.41) is 1.28. The zero-order valence-corrected chi connectivity index (χ0v) is 13.2. The summed E-state index contributed by atoms with van der Waals surface area (Å²) in [5.41, 5.74) is 3.70. The molecule has 2 aromatic rings. The van der Waals surface area contributed by atoms with Crippen molar-refractivity contribution in [1.82, 2.24) is 4.98 Å². The molecule has 0 aliphatic carbocycles. The minimum absolute atomic E-state index is 0.738. The summed E-state index contributed by atoms with van der Waals surface area (Å²) in [6.45, 7) is 5.49. The SMILES string of the molecule is CCCCc1nc2cc(C3=NCC(C)CC3)ccc2s1. The van der Waals surface area contributed by atoms with Crippen LogP contribution in [0.3, 0.4) is 0 Å². The summed E-state index contributed by atoms with van der Waals surface area (Å²) in [6, 6.07) is 6.67. The van der Waals surface area contributed by atoms with Crippen molar-refractivity contribution in [2.24, 2.45) is 10.9 Å². The van der Waals surface area contributed by atoms with Crippen LogP contribution < -0.4 is 0 Å². The minimum Gasteiger partial charge on any atom is -0.289 e. The second-order valence-corrected chi connectivity index (χ2v) is 6.94. The maximum Gasteiger partial charge on any atom is 0.0938 e. The van der Waals surface area contributed by atoms with Crippen molar-refractivity contribution in [3.63, 3.8) is 0 Å². The van der Waals surface area contributed by atoms with Gasteiger partial charge in [-0.2, -0.15) is 0 Å². The Morgan fingerprint density at radius 1 is 1.35 bits per heavy atom. The van der Waals surface area contributed by atoms with Gasteiger partial charge in [-0.05, 0) is 49.3 Å². The van der Waals surface area contributed by atoms with Crippen molar-refractivity contribution in [2.75, 3.05) is 6.54 Å². The molecular weight excluding hydrogens is 264 g/mol. The van der Waals surface area contributed by atoms with E-state index in [4.69, 9.17) is 9.98 Å². The van der Waals surface area contributed by atoms with E-state index in [9.17, 15) is 0 Å². The number of hydrogen-bond acceptors (Lipinski definition) is 3. The van der Waals surface area contributed by atoms with Crippen molar-refractivity contribution < 1.29 is 0 Å². The van der Waals surface area contributed by atoms with Gasteiger partial charge in [-0.25, -0.2) is 4.98 Å². The minimum atomic E-state index is 0.738. The Labute approximate surface area is 125 Å². The smallest absolute Gasteiger partial charge is 0.0938 e. The van der Waals surface area contributed by atoms with E-state index in [1.807, 2.05) is 11.3 Å². The molecule has 1 aliphatic rings. The molecule has 2 nitrogen and oxygen atoms in total. The first-order chi connectivity index (χ1) is 9.76. The predicted octanol–water partition coefficient (Wildman–Crippen LogP) is 4.86. The molecule has 1 aromatic carbocycles. The number of hydrogen-bond donors (Lipinski definition) is 0. The molecule has 0 N–H and O–H groups in total. The van der Waals surface area contributed by atoms with Gasteiger partial charge < -0.3 is 0 Å². The average molecular weight is 286 g/mol. The van der Waals surface area contributed by atoms with E-state index < -0.39 is 0 Å². The van der Waals surface area contributed by atoms with Crippen LogP contribution in [0.2, 0.25) is 0 Å². The third-order valence-electron chi connectivity index (χ3n) is 3.98. The molecule has 1 aliphatic heterocycles. The van der Waals surface area contributed by atoms with Crippen LogP contribution in [0.25, 0.3) is 10.2 Å². The average Bonchev–Trinajstić information content (AvgIpc) is 2.87. The molecular formula is C17H22N2S. The van der Waals surface area contributed by atoms with Gasteiger partial charge in [0.2, 0.25) is 0 Å². The predicted molar refractivity (Wildman–Crippen MR) is 88.0 cm³/mol. The highest BCUT2D eigenvalue weighted by atomic mass is 32.1. The van der Waals surface area contributed by atoms with E-state index in [1.165, 1.54) is 40.2 Å². The van der Waals surface area contributed by atoms with Gasteiger partial charge in [0.25, 0.3) is 0 Å². The first-order valence-electron chi connectivity index (χ1n) is 7.69. The Balaban J connectivity index is 1.86. The fourth-order valence-corrected chi connectivity index (χ4v) is 3.63. The van der Waals surface area contributed by atoms with Crippen molar-refractivity contribution >= 4 is 27.3 Å². The zero-order valence-electron chi connectivity index (χ0n) is 12.4. The highest BCUT2D eigenvalue weighted by Gasteiger charge is 2.14. The second-order valence-electron chi connectivity index (χ2n) is 5.82. The lowest BCUT2D eigenvalue weighted by Crippen LogP contribution is -2.14. The van der Waals surface area contributed by atoms with E-state index >= 15 is 0 Å². The van der Waals surface area contributed by atoms with E-state index in [2.05, 4.69) is 32.0 Å². The largest absolute Gasteiger partial charge is 0.289 e. The Morgan fingerprint density at radius 3 is 3.00 bits per heavy atom. The molecule has 0 amide bonds. The standard InChI is InChI=1S/C17H22N2S/c1-3-4-5-17-19-15-10-13(7-9-16(15)20-17)14-8-6-12(2)11-18-14/h7,9-10,12H,3-6,8,11H2,1-2H3. The number of aromatic nitrogens is 1. The zero-order chi connectivity index (χ0) is 13.9. The first kappa shape index (κ1) is 13.7. The summed E-state index contributed by atoms with van der Waals surface area (Å²) in [7, 11) is 0. The van der Waals surface area contributed by atoms with Gasteiger partial charge in [0.05, 0.1) is 15.2 Å². The summed E-state index contributed by atoms with van der Waals surface area (Å²) in [6.07, 6.45) is 5.95. The molecule has 1 unspecified atom stereocenters. The van der Waals surface area contributed by atoms with Crippen LogP contribution in [-0.2, 0) is 6.42 Å². The number of unbranched alkanes of at least 4 members (excludes halogenated alkanes) is 1. The van der Waals surface area contributed by atoms with Crippen molar-refractivity contribution in [3.05, 3.63) is 28.8 Å². The van der Waals surface area contributed by atoms with Crippen LogP contribution in [0.4, 0.5) is 0 Å². The van der Waals surface area contributed by atoms with Crippen LogP contribution >= 0.6 is 11.3 Å². The first-order valence-corrected chi connectivity index (χ1v) is 8.51. The van der Waals surface area contributed by atoms with Crippen molar-refractivity contribution in [3.8, 4) is 0 Å². The number of aryl methyl sites for hydroxylation is 1. The highest BCUT2D eigenvalue weighted by Crippen LogP contribution is 2.26.